The van der Waals surface area contributed by atoms with Crippen molar-refractivity contribution in [2.75, 3.05) is 0 Å². The fourth-order valence-corrected chi connectivity index (χ4v) is 8.85. The molecule has 0 aliphatic carbocycles. The summed E-state index contributed by atoms with van der Waals surface area (Å²) in [5, 5.41) is 12.2. The predicted molar refractivity (Wildman–Crippen MR) is 223 cm³/mol. The van der Waals surface area contributed by atoms with Crippen LogP contribution in [0.25, 0.3) is 110 Å². The summed E-state index contributed by atoms with van der Waals surface area (Å²) in [5.74, 6) is 0. The van der Waals surface area contributed by atoms with Crippen molar-refractivity contribution in [2.45, 2.75) is 0 Å². The van der Waals surface area contributed by atoms with Gasteiger partial charge >= 0.3 is 0 Å². The van der Waals surface area contributed by atoms with E-state index in [4.69, 9.17) is 4.42 Å². The van der Waals surface area contributed by atoms with Gasteiger partial charge in [-0.3, -0.25) is 0 Å². The Bertz CT molecular complexity index is 3470. The lowest BCUT2D eigenvalue weighted by Crippen LogP contribution is -1.94. The smallest absolute Gasteiger partial charge is 0.136 e. The van der Waals surface area contributed by atoms with E-state index < -0.39 is 0 Å². The zero-order valence-corrected chi connectivity index (χ0v) is 28.6. The fraction of sp³-hybridized carbons (Fsp3) is 0. The van der Waals surface area contributed by atoms with Crippen LogP contribution in [0, 0.1) is 0 Å². The van der Waals surface area contributed by atoms with E-state index in [1.165, 1.54) is 82.0 Å². The van der Waals surface area contributed by atoms with Gasteiger partial charge in [0.15, 0.2) is 0 Å². The van der Waals surface area contributed by atoms with E-state index in [9.17, 15) is 0 Å². The average Bonchev–Trinajstić information content (AvgIpc) is 3.87. The Morgan fingerprint density at radius 2 is 0.830 bits per heavy atom. The molecule has 0 saturated heterocycles. The normalized spacial score (nSPS) is 12.2. The molecule has 0 amide bonds. The number of rotatable bonds is 3. The summed E-state index contributed by atoms with van der Waals surface area (Å²) in [6.07, 6.45) is 0. The van der Waals surface area contributed by atoms with Crippen molar-refractivity contribution in [3.05, 3.63) is 182 Å². The lowest BCUT2D eigenvalue weighted by atomic mass is 9.99. The van der Waals surface area contributed by atoms with Crippen molar-refractivity contribution >= 4 is 87.1 Å². The first-order valence-electron chi connectivity index (χ1n) is 18.2. The first-order chi connectivity index (χ1) is 26.3. The average molecular weight is 675 g/mol. The van der Waals surface area contributed by atoms with Crippen molar-refractivity contribution in [3.63, 3.8) is 0 Å². The van der Waals surface area contributed by atoms with E-state index in [-0.39, 0.29) is 0 Å². The zero-order valence-electron chi connectivity index (χ0n) is 28.6. The number of para-hydroxylation sites is 2. The molecule has 12 aromatic rings. The van der Waals surface area contributed by atoms with Gasteiger partial charge in [-0.15, -0.1) is 0 Å². The molecule has 0 aliphatic heterocycles. The maximum Gasteiger partial charge on any atom is 0.136 e. The van der Waals surface area contributed by atoms with Gasteiger partial charge in [0.1, 0.15) is 11.2 Å². The minimum absolute atomic E-state index is 0.907. The van der Waals surface area contributed by atoms with Crippen LogP contribution in [-0.4, -0.2) is 9.13 Å². The fourth-order valence-electron chi connectivity index (χ4n) is 8.85. The SMILES string of the molecule is c1ccc2cc(-n3c4ccccc4c4cc(-c5ccc6c(c5)c5c7c(ccc5n6-c5ccc6ccccc6c5)oc5ccccc57)ccc43)ccc2c1. The third kappa shape index (κ3) is 4.10. The molecule has 0 spiro atoms. The highest BCUT2D eigenvalue weighted by atomic mass is 16.3. The van der Waals surface area contributed by atoms with Crippen LogP contribution >= 0.6 is 0 Å². The molecule has 0 bridgehead atoms. The van der Waals surface area contributed by atoms with Crippen LogP contribution in [0.1, 0.15) is 0 Å². The van der Waals surface area contributed by atoms with Crippen LogP contribution in [0.5, 0.6) is 0 Å². The maximum atomic E-state index is 6.44. The molecule has 0 fully saturated rings. The Morgan fingerprint density at radius 3 is 1.55 bits per heavy atom. The van der Waals surface area contributed by atoms with Gasteiger partial charge < -0.3 is 13.6 Å². The Kier molecular flexibility index (Phi) is 5.77. The highest BCUT2D eigenvalue weighted by molar-refractivity contribution is 6.28. The lowest BCUT2D eigenvalue weighted by molar-refractivity contribution is 0.669. The summed E-state index contributed by atoms with van der Waals surface area (Å²) in [6, 6.07) is 66.2. The molecule has 0 unspecified atom stereocenters. The van der Waals surface area contributed by atoms with Crippen molar-refractivity contribution in [1.29, 1.82) is 0 Å². The summed E-state index contributed by atoms with van der Waals surface area (Å²) in [6.45, 7) is 0. The molecule has 3 heteroatoms. The van der Waals surface area contributed by atoms with E-state index in [1.54, 1.807) is 0 Å². The molecule has 53 heavy (non-hydrogen) atoms. The van der Waals surface area contributed by atoms with Crippen molar-refractivity contribution < 1.29 is 4.42 Å². The lowest BCUT2D eigenvalue weighted by Gasteiger charge is -2.10. The molecular weight excluding hydrogens is 645 g/mol. The summed E-state index contributed by atoms with van der Waals surface area (Å²) >= 11 is 0. The molecule has 0 atom stereocenters. The van der Waals surface area contributed by atoms with E-state index in [2.05, 4.69) is 185 Å². The van der Waals surface area contributed by atoms with Gasteiger partial charge in [-0.05, 0) is 105 Å². The molecule has 3 aromatic heterocycles. The number of fused-ring (bicyclic) bond motifs is 12. The Hall–Kier alpha value is -7.10. The van der Waals surface area contributed by atoms with E-state index >= 15 is 0 Å². The molecule has 12 rings (SSSR count). The monoisotopic (exact) mass is 674 g/mol. The summed E-state index contributed by atoms with van der Waals surface area (Å²) in [5.41, 5.74) is 11.3. The van der Waals surface area contributed by atoms with Gasteiger partial charge in [-0.2, -0.15) is 0 Å². The Balaban J connectivity index is 1.12. The minimum atomic E-state index is 0.907. The third-order valence-electron chi connectivity index (χ3n) is 11.3. The molecular formula is C50H30N2O. The van der Waals surface area contributed by atoms with E-state index in [0.29, 0.717) is 0 Å². The molecule has 3 heterocycles. The quantitative estimate of drug-likeness (QED) is 0.183. The molecule has 3 nitrogen and oxygen atoms in total. The maximum absolute atomic E-state index is 6.44. The number of hydrogen-bond donors (Lipinski definition) is 0. The van der Waals surface area contributed by atoms with Crippen LogP contribution in [-0.2, 0) is 0 Å². The third-order valence-corrected chi connectivity index (χ3v) is 11.3. The number of benzene rings is 9. The van der Waals surface area contributed by atoms with Crippen molar-refractivity contribution in [2.24, 2.45) is 0 Å². The molecule has 0 N–H and O–H groups in total. The second-order valence-electron chi connectivity index (χ2n) is 14.1. The van der Waals surface area contributed by atoms with Gasteiger partial charge in [-0.25, -0.2) is 0 Å². The summed E-state index contributed by atoms with van der Waals surface area (Å²) in [7, 11) is 0. The first kappa shape index (κ1) is 28.6. The van der Waals surface area contributed by atoms with Crippen LogP contribution in [0.15, 0.2) is 186 Å². The van der Waals surface area contributed by atoms with Gasteiger partial charge in [0.2, 0.25) is 0 Å². The van der Waals surface area contributed by atoms with Crippen LogP contribution in [0.4, 0.5) is 0 Å². The molecule has 0 radical (unpaired) electrons. The predicted octanol–water partition coefficient (Wildman–Crippen LogP) is 13.8. The highest BCUT2D eigenvalue weighted by Crippen LogP contribution is 2.43. The minimum Gasteiger partial charge on any atom is -0.456 e. The molecule has 0 saturated carbocycles. The topological polar surface area (TPSA) is 23.0 Å². The standard InChI is InChI=1S/C50H30N2O/c1-3-11-33-27-37(21-17-31(33)9-1)51-43-15-7-5-13-39(43)41-29-35(19-23-44(41)51)36-20-24-45-42(30-36)49-46(25-26-48-50(49)40-14-6-8-16-47(40)53-48)52(45)38-22-18-32-10-2-4-12-34(32)28-38/h1-30H. The van der Waals surface area contributed by atoms with E-state index in [1.807, 2.05) is 6.07 Å². The van der Waals surface area contributed by atoms with Gasteiger partial charge in [0.25, 0.3) is 0 Å². The largest absolute Gasteiger partial charge is 0.456 e. The molecule has 246 valence electrons. The molecule has 0 aliphatic rings. The first-order valence-corrected chi connectivity index (χ1v) is 18.2. The van der Waals surface area contributed by atoms with Gasteiger partial charge in [0, 0.05) is 43.7 Å². The van der Waals surface area contributed by atoms with Crippen LogP contribution in [0.3, 0.4) is 0 Å². The van der Waals surface area contributed by atoms with Crippen molar-refractivity contribution in [1.82, 2.24) is 9.13 Å². The summed E-state index contributed by atoms with van der Waals surface area (Å²) < 4.78 is 11.3. The second-order valence-corrected chi connectivity index (χ2v) is 14.1. The van der Waals surface area contributed by atoms with Crippen LogP contribution in [0.2, 0.25) is 0 Å². The van der Waals surface area contributed by atoms with Gasteiger partial charge in [0.05, 0.1) is 22.1 Å². The molecule has 9 aromatic carbocycles. The number of furan rings is 1. The second kappa shape index (κ2) is 10.7. The zero-order chi connectivity index (χ0) is 34.6. The van der Waals surface area contributed by atoms with Gasteiger partial charge in [-0.1, -0.05) is 109 Å². The van der Waals surface area contributed by atoms with Crippen molar-refractivity contribution in [3.8, 4) is 22.5 Å². The summed E-state index contributed by atoms with van der Waals surface area (Å²) in [4.78, 5) is 0. The number of hydrogen-bond acceptors (Lipinski definition) is 1. The highest BCUT2D eigenvalue weighted by Gasteiger charge is 2.20. The number of nitrogens with zero attached hydrogens (tertiary/aromatic N) is 2. The van der Waals surface area contributed by atoms with Crippen LogP contribution < -0.4 is 0 Å². The Morgan fingerprint density at radius 1 is 0.302 bits per heavy atom. The number of aromatic nitrogens is 2. The van der Waals surface area contributed by atoms with E-state index in [0.717, 1.165) is 27.6 Å². The Labute approximate surface area is 304 Å².